The van der Waals surface area contributed by atoms with Crippen molar-refractivity contribution in [2.45, 2.75) is 19.1 Å². The van der Waals surface area contributed by atoms with Crippen molar-refractivity contribution in [2.75, 3.05) is 5.75 Å². The van der Waals surface area contributed by atoms with Crippen molar-refractivity contribution in [3.63, 3.8) is 0 Å². The summed E-state index contributed by atoms with van der Waals surface area (Å²) in [6, 6.07) is 7.89. The number of thioether (sulfide) groups is 1. The van der Waals surface area contributed by atoms with Crippen LogP contribution in [0, 0.1) is 0 Å². The summed E-state index contributed by atoms with van der Waals surface area (Å²) in [6.07, 6.45) is 4.36. The molecule has 1 unspecified atom stereocenters. The Morgan fingerprint density at radius 1 is 1.36 bits per heavy atom. The van der Waals surface area contributed by atoms with Crippen molar-refractivity contribution in [1.82, 2.24) is 0 Å². The quantitative estimate of drug-likeness (QED) is 0.729. The van der Waals surface area contributed by atoms with E-state index < -0.39 is 0 Å². The van der Waals surface area contributed by atoms with Gasteiger partial charge in [-0.25, -0.2) is 0 Å². The van der Waals surface area contributed by atoms with E-state index in [4.69, 9.17) is 11.6 Å². The Hall–Kier alpha value is -0.400. The van der Waals surface area contributed by atoms with E-state index in [2.05, 4.69) is 26.0 Å². The molecule has 0 saturated heterocycles. The summed E-state index contributed by atoms with van der Waals surface area (Å²) in [5.74, 6) is 1.16. The molecule has 0 aliphatic carbocycles. The summed E-state index contributed by atoms with van der Waals surface area (Å²) in [5.41, 5.74) is 1.21. The summed E-state index contributed by atoms with van der Waals surface area (Å²) < 4.78 is 0. The summed E-state index contributed by atoms with van der Waals surface area (Å²) in [5, 5.41) is 1.37. The van der Waals surface area contributed by atoms with Gasteiger partial charge in [-0.1, -0.05) is 42.8 Å². The van der Waals surface area contributed by atoms with Gasteiger partial charge < -0.3 is 0 Å². The first kappa shape index (κ1) is 11.7. The molecule has 2 heteroatoms. The predicted octanol–water partition coefficient (Wildman–Crippen LogP) is 4.49. The molecule has 0 bridgehead atoms. The van der Waals surface area contributed by atoms with Crippen LogP contribution in [-0.2, 0) is 0 Å². The molecule has 0 aliphatic rings. The Morgan fingerprint density at radius 2 is 2.00 bits per heavy atom. The molecule has 0 nitrogen and oxygen atoms in total. The Balaban J connectivity index is 2.55. The molecular weight excluding hydrogens is 212 g/mol. The monoisotopic (exact) mass is 226 g/mol. The third-order valence-corrected chi connectivity index (χ3v) is 3.13. The van der Waals surface area contributed by atoms with Crippen LogP contribution >= 0.6 is 23.4 Å². The first-order valence-corrected chi connectivity index (χ1v) is 6.20. The lowest BCUT2D eigenvalue weighted by atomic mass is 10.2. The molecule has 0 aliphatic heterocycles. The van der Waals surface area contributed by atoms with Crippen molar-refractivity contribution in [3.8, 4) is 0 Å². The van der Waals surface area contributed by atoms with Crippen LogP contribution in [0.1, 0.15) is 19.4 Å². The van der Waals surface area contributed by atoms with E-state index in [1.807, 2.05) is 36.0 Å². The molecular formula is C12H15ClS. The summed E-state index contributed by atoms with van der Waals surface area (Å²) in [6.45, 7) is 4.39. The lowest BCUT2D eigenvalue weighted by molar-refractivity contribution is 1.25. The van der Waals surface area contributed by atoms with E-state index in [-0.39, 0.29) is 0 Å². The zero-order chi connectivity index (χ0) is 10.4. The lowest BCUT2D eigenvalue weighted by Gasteiger charge is -2.02. The van der Waals surface area contributed by atoms with E-state index in [0.717, 1.165) is 10.8 Å². The standard InChI is InChI=1S/C12H15ClS/c1-3-14-10(2)4-5-11-6-8-12(13)9-7-11/h4-10H,3H2,1-2H3/b5-4+. The van der Waals surface area contributed by atoms with Gasteiger partial charge in [0.05, 0.1) is 0 Å². The fourth-order valence-corrected chi connectivity index (χ4v) is 1.98. The van der Waals surface area contributed by atoms with Gasteiger partial charge in [0.1, 0.15) is 0 Å². The molecule has 0 amide bonds. The lowest BCUT2D eigenvalue weighted by Crippen LogP contribution is -1.89. The highest BCUT2D eigenvalue weighted by molar-refractivity contribution is 8.00. The second-order valence-corrected chi connectivity index (χ2v) is 5.16. The molecule has 1 aromatic carbocycles. The average molecular weight is 227 g/mol. The molecule has 0 radical (unpaired) electrons. The van der Waals surface area contributed by atoms with Crippen LogP contribution in [0.5, 0.6) is 0 Å². The van der Waals surface area contributed by atoms with Crippen LogP contribution in [0.15, 0.2) is 30.3 Å². The Morgan fingerprint density at radius 3 is 2.57 bits per heavy atom. The van der Waals surface area contributed by atoms with Crippen molar-refractivity contribution < 1.29 is 0 Å². The van der Waals surface area contributed by atoms with Gasteiger partial charge >= 0.3 is 0 Å². The van der Waals surface area contributed by atoms with Crippen LogP contribution in [0.2, 0.25) is 5.02 Å². The van der Waals surface area contributed by atoms with Gasteiger partial charge in [-0.15, -0.1) is 0 Å². The maximum atomic E-state index is 5.80. The maximum absolute atomic E-state index is 5.80. The number of benzene rings is 1. The van der Waals surface area contributed by atoms with Gasteiger partial charge in [0.25, 0.3) is 0 Å². The van der Waals surface area contributed by atoms with Gasteiger partial charge in [-0.2, -0.15) is 11.8 Å². The fraction of sp³-hybridized carbons (Fsp3) is 0.333. The van der Waals surface area contributed by atoms with E-state index in [0.29, 0.717) is 5.25 Å². The second kappa shape index (κ2) is 6.15. The maximum Gasteiger partial charge on any atom is 0.0406 e. The summed E-state index contributed by atoms with van der Waals surface area (Å²) >= 11 is 7.74. The minimum atomic E-state index is 0.579. The third-order valence-electron chi connectivity index (χ3n) is 1.86. The van der Waals surface area contributed by atoms with E-state index >= 15 is 0 Å². The zero-order valence-electron chi connectivity index (χ0n) is 8.53. The Bertz CT molecular complexity index is 290. The smallest absolute Gasteiger partial charge is 0.0406 e. The normalized spacial score (nSPS) is 13.4. The van der Waals surface area contributed by atoms with Gasteiger partial charge in [-0.3, -0.25) is 0 Å². The highest BCUT2D eigenvalue weighted by Crippen LogP contribution is 2.14. The summed E-state index contributed by atoms with van der Waals surface area (Å²) in [4.78, 5) is 0. The zero-order valence-corrected chi connectivity index (χ0v) is 10.1. The minimum absolute atomic E-state index is 0.579. The molecule has 1 atom stereocenters. The third kappa shape index (κ3) is 4.21. The first-order chi connectivity index (χ1) is 6.72. The number of hydrogen-bond donors (Lipinski definition) is 0. The average Bonchev–Trinajstić information content (AvgIpc) is 2.17. The molecule has 0 N–H and O–H groups in total. The van der Waals surface area contributed by atoms with Crippen molar-refractivity contribution >= 4 is 29.4 Å². The number of rotatable bonds is 4. The predicted molar refractivity (Wildman–Crippen MR) is 68.1 cm³/mol. The van der Waals surface area contributed by atoms with E-state index in [9.17, 15) is 0 Å². The van der Waals surface area contributed by atoms with Crippen LogP contribution in [0.25, 0.3) is 6.08 Å². The molecule has 0 spiro atoms. The first-order valence-electron chi connectivity index (χ1n) is 4.77. The molecule has 14 heavy (non-hydrogen) atoms. The van der Waals surface area contributed by atoms with Gasteiger partial charge in [0.15, 0.2) is 0 Å². The molecule has 1 aromatic rings. The largest absolute Gasteiger partial charge is 0.155 e. The van der Waals surface area contributed by atoms with Crippen molar-refractivity contribution in [2.24, 2.45) is 0 Å². The molecule has 0 heterocycles. The van der Waals surface area contributed by atoms with Crippen LogP contribution < -0.4 is 0 Å². The number of hydrogen-bond acceptors (Lipinski definition) is 1. The van der Waals surface area contributed by atoms with E-state index in [1.54, 1.807) is 0 Å². The van der Waals surface area contributed by atoms with Gasteiger partial charge in [0.2, 0.25) is 0 Å². The molecule has 1 rings (SSSR count). The Labute approximate surface area is 95.4 Å². The highest BCUT2D eigenvalue weighted by atomic mass is 35.5. The van der Waals surface area contributed by atoms with Crippen molar-refractivity contribution in [3.05, 3.63) is 40.9 Å². The van der Waals surface area contributed by atoms with Crippen molar-refractivity contribution in [1.29, 1.82) is 0 Å². The van der Waals surface area contributed by atoms with Crippen LogP contribution in [0.3, 0.4) is 0 Å². The fourth-order valence-electron chi connectivity index (χ4n) is 1.14. The molecule has 0 aromatic heterocycles. The Kier molecular flexibility index (Phi) is 5.13. The SMILES string of the molecule is CCSC(C)/C=C/c1ccc(Cl)cc1. The highest BCUT2D eigenvalue weighted by Gasteiger charge is 1.94. The number of halogens is 1. The van der Waals surface area contributed by atoms with Crippen LogP contribution in [0.4, 0.5) is 0 Å². The second-order valence-electron chi connectivity index (χ2n) is 3.07. The molecule has 0 fully saturated rings. The van der Waals surface area contributed by atoms with Crippen LogP contribution in [-0.4, -0.2) is 11.0 Å². The van der Waals surface area contributed by atoms with Gasteiger partial charge in [0, 0.05) is 10.3 Å². The van der Waals surface area contributed by atoms with E-state index in [1.165, 1.54) is 5.56 Å². The van der Waals surface area contributed by atoms with Gasteiger partial charge in [-0.05, 0) is 30.4 Å². The topological polar surface area (TPSA) is 0 Å². The minimum Gasteiger partial charge on any atom is -0.155 e. The summed E-state index contributed by atoms with van der Waals surface area (Å²) in [7, 11) is 0. The molecule has 76 valence electrons. The molecule has 0 saturated carbocycles.